The van der Waals surface area contributed by atoms with Crippen molar-refractivity contribution in [1.82, 2.24) is 14.8 Å². The van der Waals surface area contributed by atoms with Gasteiger partial charge in [-0.1, -0.05) is 22.4 Å². The van der Waals surface area contributed by atoms with Gasteiger partial charge in [-0.25, -0.2) is 0 Å². The van der Waals surface area contributed by atoms with Crippen molar-refractivity contribution in [2.24, 2.45) is 0 Å². The summed E-state index contributed by atoms with van der Waals surface area (Å²) in [5.74, 6) is 1.16. The maximum Gasteiger partial charge on any atom is 0.196 e. The zero-order chi connectivity index (χ0) is 14.8. The van der Waals surface area contributed by atoms with Crippen molar-refractivity contribution >= 4 is 33.5 Å². The first-order chi connectivity index (χ1) is 10.1. The molecule has 110 valence electrons. The van der Waals surface area contributed by atoms with Crippen LogP contribution in [0.3, 0.4) is 0 Å². The molecule has 1 aliphatic heterocycles. The normalized spacial score (nSPS) is 14.6. The van der Waals surface area contributed by atoms with Crippen LogP contribution in [0.1, 0.15) is 42.4 Å². The molecule has 1 aromatic heterocycles. The number of fused-ring (bicyclic) bond motifs is 1. The van der Waals surface area contributed by atoms with Crippen LogP contribution >= 0.6 is 27.7 Å². The van der Waals surface area contributed by atoms with E-state index in [1.165, 1.54) is 19.3 Å². The summed E-state index contributed by atoms with van der Waals surface area (Å²) in [7, 11) is 0. The van der Waals surface area contributed by atoms with Crippen molar-refractivity contribution in [1.29, 1.82) is 0 Å². The number of carbonyl (C=O) groups is 1. The predicted octanol–water partition coefficient (Wildman–Crippen LogP) is 4.12. The SMILES string of the molecule is CC(=O)c1ccc(Sc2nnc3n2CCCCC3)cc1Br. The molecule has 0 aliphatic carbocycles. The van der Waals surface area contributed by atoms with Crippen LogP contribution in [0, 0.1) is 0 Å². The van der Waals surface area contributed by atoms with Crippen molar-refractivity contribution in [3.05, 3.63) is 34.1 Å². The van der Waals surface area contributed by atoms with E-state index in [1.807, 2.05) is 18.2 Å². The van der Waals surface area contributed by atoms with Gasteiger partial charge in [0, 0.05) is 27.9 Å². The third kappa shape index (κ3) is 3.21. The second-order valence-electron chi connectivity index (χ2n) is 5.16. The quantitative estimate of drug-likeness (QED) is 0.767. The van der Waals surface area contributed by atoms with Crippen LogP contribution < -0.4 is 0 Å². The Labute approximate surface area is 136 Å². The molecule has 3 rings (SSSR count). The number of rotatable bonds is 3. The summed E-state index contributed by atoms with van der Waals surface area (Å²) in [6.07, 6.45) is 4.65. The van der Waals surface area contributed by atoms with Gasteiger partial charge in [0.25, 0.3) is 0 Å². The van der Waals surface area contributed by atoms with Crippen LogP contribution in [0.5, 0.6) is 0 Å². The standard InChI is InChI=1S/C15H16BrN3OS/c1-10(20)12-7-6-11(9-13(12)16)21-15-18-17-14-5-3-2-4-8-19(14)15/h6-7,9H,2-5,8H2,1H3. The molecule has 0 bridgehead atoms. The molecule has 0 saturated heterocycles. The Kier molecular flexibility index (Phi) is 4.45. The third-order valence-corrected chi connectivity index (χ3v) is 5.23. The smallest absolute Gasteiger partial charge is 0.196 e. The molecular formula is C15H16BrN3OS. The van der Waals surface area contributed by atoms with Gasteiger partial charge in [0.15, 0.2) is 10.9 Å². The van der Waals surface area contributed by atoms with E-state index in [-0.39, 0.29) is 5.78 Å². The average molecular weight is 366 g/mol. The first kappa shape index (κ1) is 14.8. The maximum atomic E-state index is 11.5. The van der Waals surface area contributed by atoms with Crippen LogP contribution in [0.15, 0.2) is 32.7 Å². The zero-order valence-corrected chi connectivity index (χ0v) is 14.2. The molecular weight excluding hydrogens is 350 g/mol. The van der Waals surface area contributed by atoms with E-state index in [0.717, 1.165) is 33.3 Å². The van der Waals surface area contributed by atoms with Crippen LogP contribution in [-0.4, -0.2) is 20.5 Å². The van der Waals surface area contributed by atoms with E-state index in [4.69, 9.17) is 0 Å². The summed E-state index contributed by atoms with van der Waals surface area (Å²) >= 11 is 5.06. The topological polar surface area (TPSA) is 47.8 Å². The minimum atomic E-state index is 0.0646. The fraction of sp³-hybridized carbons (Fsp3) is 0.400. The van der Waals surface area contributed by atoms with Gasteiger partial charge in [-0.3, -0.25) is 4.79 Å². The highest BCUT2D eigenvalue weighted by molar-refractivity contribution is 9.10. The Morgan fingerprint density at radius 1 is 1.29 bits per heavy atom. The molecule has 0 N–H and O–H groups in total. The van der Waals surface area contributed by atoms with Crippen LogP contribution in [0.2, 0.25) is 0 Å². The van der Waals surface area contributed by atoms with Crippen molar-refractivity contribution in [2.75, 3.05) is 0 Å². The number of aromatic nitrogens is 3. The maximum absolute atomic E-state index is 11.5. The van der Waals surface area contributed by atoms with Crippen LogP contribution in [0.4, 0.5) is 0 Å². The molecule has 2 heterocycles. The van der Waals surface area contributed by atoms with Gasteiger partial charge in [-0.05, 0) is 49.7 Å². The van der Waals surface area contributed by atoms with Crippen molar-refractivity contribution in [3.8, 4) is 0 Å². The number of carbonyl (C=O) groups excluding carboxylic acids is 1. The van der Waals surface area contributed by atoms with Crippen molar-refractivity contribution in [3.63, 3.8) is 0 Å². The first-order valence-electron chi connectivity index (χ1n) is 7.05. The Morgan fingerprint density at radius 2 is 2.14 bits per heavy atom. The van der Waals surface area contributed by atoms with Gasteiger partial charge < -0.3 is 4.57 Å². The van der Waals surface area contributed by atoms with Gasteiger partial charge in [0.1, 0.15) is 5.82 Å². The van der Waals surface area contributed by atoms with Gasteiger partial charge >= 0.3 is 0 Å². The predicted molar refractivity (Wildman–Crippen MR) is 85.8 cm³/mol. The highest BCUT2D eigenvalue weighted by Crippen LogP contribution is 2.31. The molecule has 0 spiro atoms. The Bertz CT molecular complexity index is 684. The molecule has 0 amide bonds. The lowest BCUT2D eigenvalue weighted by atomic mass is 10.2. The number of nitrogens with zero attached hydrogens (tertiary/aromatic N) is 3. The number of halogens is 1. The fourth-order valence-electron chi connectivity index (χ4n) is 2.48. The summed E-state index contributed by atoms with van der Waals surface area (Å²) < 4.78 is 3.06. The first-order valence-corrected chi connectivity index (χ1v) is 8.66. The van der Waals surface area contributed by atoms with Crippen molar-refractivity contribution in [2.45, 2.75) is 49.2 Å². The molecule has 6 heteroatoms. The molecule has 0 saturated carbocycles. The van der Waals surface area contributed by atoms with Crippen LogP contribution in [0.25, 0.3) is 0 Å². The second-order valence-corrected chi connectivity index (χ2v) is 7.06. The summed E-state index contributed by atoms with van der Waals surface area (Å²) in [5.41, 5.74) is 0.708. The number of aryl methyl sites for hydroxylation is 1. The number of hydrogen-bond donors (Lipinski definition) is 0. The summed E-state index contributed by atoms with van der Waals surface area (Å²) in [5, 5.41) is 9.56. The van der Waals surface area contributed by atoms with E-state index < -0.39 is 0 Å². The van der Waals surface area contributed by atoms with E-state index in [9.17, 15) is 4.79 Å². The zero-order valence-electron chi connectivity index (χ0n) is 11.8. The largest absolute Gasteiger partial charge is 0.306 e. The summed E-state index contributed by atoms with van der Waals surface area (Å²) in [6.45, 7) is 2.57. The van der Waals surface area contributed by atoms with Gasteiger partial charge in [-0.15, -0.1) is 10.2 Å². The molecule has 1 aliphatic rings. The summed E-state index contributed by atoms with van der Waals surface area (Å²) in [4.78, 5) is 12.5. The molecule has 4 nitrogen and oxygen atoms in total. The highest BCUT2D eigenvalue weighted by Gasteiger charge is 2.16. The van der Waals surface area contributed by atoms with E-state index in [2.05, 4.69) is 30.7 Å². The lowest BCUT2D eigenvalue weighted by molar-refractivity contribution is 0.101. The highest BCUT2D eigenvalue weighted by atomic mass is 79.9. The molecule has 0 unspecified atom stereocenters. The third-order valence-electron chi connectivity index (χ3n) is 3.60. The molecule has 2 aromatic rings. The fourth-order valence-corrected chi connectivity index (χ4v) is 4.21. The molecule has 1 aromatic carbocycles. The Balaban J connectivity index is 1.86. The van der Waals surface area contributed by atoms with Gasteiger partial charge in [0.2, 0.25) is 0 Å². The molecule has 0 atom stereocenters. The minimum absolute atomic E-state index is 0.0646. The summed E-state index contributed by atoms with van der Waals surface area (Å²) in [6, 6.07) is 5.79. The van der Waals surface area contributed by atoms with E-state index in [1.54, 1.807) is 18.7 Å². The lowest BCUT2D eigenvalue weighted by Gasteiger charge is -2.07. The van der Waals surface area contributed by atoms with E-state index >= 15 is 0 Å². The number of Topliss-reactive ketones (excluding diaryl/α,β-unsaturated/α-hetero) is 1. The molecule has 21 heavy (non-hydrogen) atoms. The Hall–Kier alpha value is -1.14. The number of hydrogen-bond acceptors (Lipinski definition) is 4. The Morgan fingerprint density at radius 3 is 2.90 bits per heavy atom. The van der Waals surface area contributed by atoms with E-state index in [0.29, 0.717) is 5.56 Å². The number of benzene rings is 1. The minimum Gasteiger partial charge on any atom is -0.306 e. The van der Waals surface area contributed by atoms with Crippen LogP contribution in [-0.2, 0) is 13.0 Å². The van der Waals surface area contributed by atoms with Gasteiger partial charge in [-0.2, -0.15) is 0 Å². The lowest BCUT2D eigenvalue weighted by Crippen LogP contribution is -2.02. The molecule has 0 radical (unpaired) electrons. The molecule has 0 fully saturated rings. The van der Waals surface area contributed by atoms with Gasteiger partial charge in [0.05, 0.1) is 0 Å². The number of ketones is 1. The second kappa shape index (κ2) is 6.32. The van der Waals surface area contributed by atoms with Crippen molar-refractivity contribution < 1.29 is 4.79 Å². The monoisotopic (exact) mass is 365 g/mol. The average Bonchev–Trinajstić information content (AvgIpc) is 2.68.